The fourth-order valence-electron chi connectivity index (χ4n) is 1.60. The van der Waals surface area contributed by atoms with Crippen LogP contribution in [0.5, 0.6) is 0 Å². The Balaban J connectivity index is 1.87. The molecule has 0 fully saturated rings. The summed E-state index contributed by atoms with van der Waals surface area (Å²) in [6, 6.07) is 1.96. The Kier molecular flexibility index (Phi) is 3.27. The van der Waals surface area contributed by atoms with Crippen molar-refractivity contribution in [2.45, 2.75) is 13.3 Å². The number of aryl methyl sites for hydroxylation is 2. The lowest BCUT2D eigenvalue weighted by Crippen LogP contribution is -2.06. The van der Waals surface area contributed by atoms with Gasteiger partial charge in [0.15, 0.2) is 0 Å². The third kappa shape index (κ3) is 2.96. The Labute approximate surface area is 101 Å². The molecule has 2 rings (SSSR count). The average Bonchev–Trinajstić information content (AvgIpc) is 2.70. The van der Waals surface area contributed by atoms with Crippen molar-refractivity contribution < 1.29 is 0 Å². The summed E-state index contributed by atoms with van der Waals surface area (Å²) >= 11 is 0. The molecule has 0 bridgehead atoms. The molecular formula is C12H17N5. The molecule has 0 saturated heterocycles. The molecule has 0 amide bonds. The summed E-state index contributed by atoms with van der Waals surface area (Å²) in [6.07, 6.45) is 6.51. The van der Waals surface area contributed by atoms with Crippen LogP contribution in [0.2, 0.25) is 0 Å². The van der Waals surface area contributed by atoms with Gasteiger partial charge in [-0.3, -0.25) is 4.68 Å². The molecule has 90 valence electrons. The van der Waals surface area contributed by atoms with Gasteiger partial charge in [-0.05, 0) is 30.5 Å². The predicted octanol–water partition coefficient (Wildman–Crippen LogP) is 1.36. The minimum absolute atomic E-state index is 0.725. The molecule has 2 aromatic heterocycles. The highest BCUT2D eigenvalue weighted by molar-refractivity contribution is 5.50. The van der Waals surface area contributed by atoms with Gasteiger partial charge < -0.3 is 11.1 Å². The summed E-state index contributed by atoms with van der Waals surface area (Å²) in [5.74, 6) is 0.862. The van der Waals surface area contributed by atoms with Crippen LogP contribution in [-0.4, -0.2) is 21.3 Å². The van der Waals surface area contributed by atoms with Gasteiger partial charge in [-0.15, -0.1) is 0 Å². The van der Waals surface area contributed by atoms with Crippen molar-refractivity contribution in [3.8, 4) is 0 Å². The van der Waals surface area contributed by atoms with Gasteiger partial charge in [-0.2, -0.15) is 5.10 Å². The third-order valence-electron chi connectivity index (χ3n) is 2.63. The lowest BCUT2D eigenvalue weighted by Gasteiger charge is -2.06. The van der Waals surface area contributed by atoms with E-state index >= 15 is 0 Å². The predicted molar refractivity (Wildman–Crippen MR) is 68.8 cm³/mol. The maximum Gasteiger partial charge on any atom is 0.126 e. The largest absolute Gasteiger partial charge is 0.397 e. The molecule has 5 heteroatoms. The molecule has 0 aliphatic rings. The molecule has 0 radical (unpaired) electrons. The Morgan fingerprint density at radius 3 is 2.88 bits per heavy atom. The van der Waals surface area contributed by atoms with E-state index in [-0.39, 0.29) is 0 Å². The number of nitrogens with one attached hydrogen (secondary N) is 1. The number of rotatable bonds is 4. The van der Waals surface area contributed by atoms with Gasteiger partial charge in [-0.25, -0.2) is 4.98 Å². The number of pyridine rings is 1. The van der Waals surface area contributed by atoms with Crippen LogP contribution in [0.15, 0.2) is 24.7 Å². The molecule has 5 nitrogen and oxygen atoms in total. The smallest absolute Gasteiger partial charge is 0.126 e. The number of aromatic nitrogens is 3. The zero-order valence-electron chi connectivity index (χ0n) is 10.1. The summed E-state index contributed by atoms with van der Waals surface area (Å²) in [5, 5.41) is 7.39. The van der Waals surface area contributed by atoms with Gasteiger partial charge in [0.25, 0.3) is 0 Å². The summed E-state index contributed by atoms with van der Waals surface area (Å²) in [6.45, 7) is 2.81. The van der Waals surface area contributed by atoms with E-state index in [0.717, 1.165) is 30.0 Å². The number of hydrogen-bond donors (Lipinski definition) is 2. The normalized spacial score (nSPS) is 10.5. The van der Waals surface area contributed by atoms with Gasteiger partial charge in [0.2, 0.25) is 0 Å². The van der Waals surface area contributed by atoms with Crippen LogP contribution >= 0.6 is 0 Å². The van der Waals surface area contributed by atoms with Crippen molar-refractivity contribution in [1.82, 2.24) is 14.8 Å². The highest BCUT2D eigenvalue weighted by Gasteiger charge is 1.99. The third-order valence-corrected chi connectivity index (χ3v) is 2.63. The van der Waals surface area contributed by atoms with Crippen LogP contribution in [0.25, 0.3) is 0 Å². The van der Waals surface area contributed by atoms with Crippen molar-refractivity contribution in [1.29, 1.82) is 0 Å². The SMILES string of the molecule is Cc1cc(NCCc2cnn(C)c2)ncc1N. The molecule has 2 heterocycles. The summed E-state index contributed by atoms with van der Waals surface area (Å²) in [4.78, 5) is 4.22. The van der Waals surface area contributed by atoms with E-state index in [1.165, 1.54) is 5.56 Å². The second-order valence-corrected chi connectivity index (χ2v) is 4.13. The average molecular weight is 231 g/mol. The Morgan fingerprint density at radius 2 is 2.24 bits per heavy atom. The standard InChI is InChI=1S/C12H17N5/c1-9-5-12(15-7-11(9)13)14-4-3-10-6-16-17(2)8-10/h5-8H,3-4,13H2,1-2H3,(H,14,15). The fraction of sp³-hybridized carbons (Fsp3) is 0.333. The molecule has 0 atom stereocenters. The summed E-state index contributed by atoms with van der Waals surface area (Å²) in [7, 11) is 1.92. The van der Waals surface area contributed by atoms with Crippen molar-refractivity contribution in [3.63, 3.8) is 0 Å². The van der Waals surface area contributed by atoms with Crippen LogP contribution < -0.4 is 11.1 Å². The quantitative estimate of drug-likeness (QED) is 0.833. The van der Waals surface area contributed by atoms with Gasteiger partial charge >= 0.3 is 0 Å². The van der Waals surface area contributed by atoms with E-state index in [0.29, 0.717) is 0 Å². The first-order valence-corrected chi connectivity index (χ1v) is 5.58. The second-order valence-electron chi connectivity index (χ2n) is 4.13. The maximum absolute atomic E-state index is 5.71. The maximum atomic E-state index is 5.71. The van der Waals surface area contributed by atoms with Crippen LogP contribution in [0, 0.1) is 6.92 Å². The number of anilines is 2. The van der Waals surface area contributed by atoms with Crippen LogP contribution in [0.1, 0.15) is 11.1 Å². The van der Waals surface area contributed by atoms with Crippen molar-refractivity contribution in [2.75, 3.05) is 17.6 Å². The van der Waals surface area contributed by atoms with E-state index < -0.39 is 0 Å². The molecule has 0 aliphatic carbocycles. The van der Waals surface area contributed by atoms with Gasteiger partial charge in [0, 0.05) is 19.8 Å². The first kappa shape index (κ1) is 11.4. The van der Waals surface area contributed by atoms with Crippen LogP contribution in [0.4, 0.5) is 11.5 Å². The van der Waals surface area contributed by atoms with E-state index in [9.17, 15) is 0 Å². The Morgan fingerprint density at radius 1 is 1.41 bits per heavy atom. The highest BCUT2D eigenvalue weighted by atomic mass is 15.2. The highest BCUT2D eigenvalue weighted by Crippen LogP contribution is 2.12. The summed E-state index contributed by atoms with van der Waals surface area (Å²) in [5.41, 5.74) is 8.69. The minimum Gasteiger partial charge on any atom is -0.397 e. The number of nitrogens with zero attached hydrogens (tertiary/aromatic N) is 3. The molecule has 0 saturated carbocycles. The lowest BCUT2D eigenvalue weighted by atomic mass is 10.2. The minimum atomic E-state index is 0.725. The van der Waals surface area contributed by atoms with Crippen LogP contribution in [-0.2, 0) is 13.5 Å². The molecule has 2 aromatic rings. The first-order valence-electron chi connectivity index (χ1n) is 5.58. The molecule has 0 unspecified atom stereocenters. The topological polar surface area (TPSA) is 68.8 Å². The molecular weight excluding hydrogens is 214 g/mol. The fourth-order valence-corrected chi connectivity index (χ4v) is 1.60. The molecule has 0 aliphatic heterocycles. The lowest BCUT2D eigenvalue weighted by molar-refractivity contribution is 0.767. The number of hydrogen-bond acceptors (Lipinski definition) is 4. The Bertz CT molecular complexity index is 503. The van der Waals surface area contributed by atoms with Gasteiger partial charge in [0.1, 0.15) is 5.82 Å². The molecule has 0 spiro atoms. The summed E-state index contributed by atoms with van der Waals surface area (Å²) < 4.78 is 1.81. The number of nitrogens with two attached hydrogens (primary N) is 1. The van der Waals surface area contributed by atoms with Crippen LogP contribution in [0.3, 0.4) is 0 Å². The zero-order chi connectivity index (χ0) is 12.3. The van der Waals surface area contributed by atoms with E-state index in [1.54, 1.807) is 10.9 Å². The van der Waals surface area contributed by atoms with Gasteiger partial charge in [-0.1, -0.05) is 0 Å². The molecule has 0 aromatic carbocycles. The van der Waals surface area contributed by atoms with Crippen molar-refractivity contribution in [2.24, 2.45) is 7.05 Å². The molecule has 17 heavy (non-hydrogen) atoms. The van der Waals surface area contributed by atoms with E-state index in [4.69, 9.17) is 5.73 Å². The monoisotopic (exact) mass is 231 g/mol. The number of nitrogen functional groups attached to an aromatic ring is 1. The zero-order valence-corrected chi connectivity index (χ0v) is 10.1. The van der Waals surface area contributed by atoms with Crippen molar-refractivity contribution in [3.05, 3.63) is 35.8 Å². The second kappa shape index (κ2) is 4.86. The van der Waals surface area contributed by atoms with E-state index in [1.807, 2.05) is 32.4 Å². The van der Waals surface area contributed by atoms with E-state index in [2.05, 4.69) is 15.4 Å². The Hall–Kier alpha value is -2.04. The first-order chi connectivity index (χ1) is 8.15. The van der Waals surface area contributed by atoms with Gasteiger partial charge in [0.05, 0.1) is 18.1 Å². The van der Waals surface area contributed by atoms with Crippen molar-refractivity contribution >= 4 is 11.5 Å². The molecule has 3 N–H and O–H groups in total.